The van der Waals surface area contributed by atoms with Gasteiger partial charge in [-0.15, -0.1) is 0 Å². The molecular formula is C44H56Cl2N6O4S2. The molecule has 4 fully saturated rings. The number of anilines is 2. The summed E-state index contributed by atoms with van der Waals surface area (Å²) >= 11 is 15.4. The highest BCUT2D eigenvalue weighted by molar-refractivity contribution is 7.18. The predicted octanol–water partition coefficient (Wildman–Crippen LogP) is 10.2. The van der Waals surface area contributed by atoms with Crippen LogP contribution in [-0.2, 0) is 4.74 Å². The first kappa shape index (κ1) is 42.8. The van der Waals surface area contributed by atoms with Crippen molar-refractivity contribution in [3.63, 3.8) is 0 Å². The van der Waals surface area contributed by atoms with Crippen LogP contribution in [0.5, 0.6) is 0 Å². The van der Waals surface area contributed by atoms with Crippen LogP contribution in [-0.4, -0.2) is 108 Å². The number of carbonyl (C=O) groups excluding carboxylic acids is 1. The standard InChI is InChI=1S/C23H30ClN3O2S.C21H26ClN3O2S/c1-3-29-22(28)21-20(18-8-4-5-9-19(18)24)25-23(30-21)26-13-10-17(11-14-26)27-12-6-7-16(2)15-27;1-14-5-4-10-25(13-14)15-8-11-24(12-9-15)21-23-18(19(28-21)20(26)27)16-6-2-3-7-17(16)22/h4-5,8-9,16-17H,3,6-7,10-15H2,1-2H3;2-3,6-7,14-15H,4-5,8-13H2,1H3,(H,26,27)/t16-;14-/m11/s1. The molecule has 1 N–H and O–H groups in total. The van der Waals surface area contributed by atoms with Gasteiger partial charge in [0.1, 0.15) is 9.75 Å². The summed E-state index contributed by atoms with van der Waals surface area (Å²) < 4.78 is 5.30. The number of thiazole rings is 2. The van der Waals surface area contributed by atoms with Crippen LogP contribution in [0.15, 0.2) is 48.5 Å². The van der Waals surface area contributed by atoms with Crippen molar-refractivity contribution in [2.75, 3.05) is 68.8 Å². The Kier molecular flexibility index (Phi) is 14.7. The normalized spacial score (nSPS) is 21.4. The third kappa shape index (κ3) is 10.2. The highest BCUT2D eigenvalue weighted by Gasteiger charge is 2.32. The van der Waals surface area contributed by atoms with Gasteiger partial charge in [0.2, 0.25) is 0 Å². The van der Waals surface area contributed by atoms with Gasteiger partial charge < -0.3 is 19.6 Å². The molecule has 0 radical (unpaired) electrons. The Morgan fingerprint density at radius 1 is 0.690 bits per heavy atom. The van der Waals surface area contributed by atoms with Crippen molar-refractivity contribution >= 4 is 68.1 Å². The molecule has 4 aromatic rings. The highest BCUT2D eigenvalue weighted by atomic mass is 35.5. The predicted molar refractivity (Wildman–Crippen MR) is 238 cm³/mol. The number of carbonyl (C=O) groups is 2. The van der Waals surface area contributed by atoms with Crippen molar-refractivity contribution in [3.05, 3.63) is 68.3 Å². The van der Waals surface area contributed by atoms with Crippen LogP contribution in [0.3, 0.4) is 0 Å². The summed E-state index contributed by atoms with van der Waals surface area (Å²) in [7, 11) is 0. The lowest BCUT2D eigenvalue weighted by Crippen LogP contribution is -2.48. The minimum atomic E-state index is -0.948. The third-order valence-corrected chi connectivity index (χ3v) is 14.9. The van der Waals surface area contributed by atoms with E-state index in [0.29, 0.717) is 50.6 Å². The van der Waals surface area contributed by atoms with E-state index in [1.54, 1.807) is 6.07 Å². The molecule has 4 saturated heterocycles. The zero-order valence-electron chi connectivity index (χ0n) is 33.9. The lowest BCUT2D eigenvalue weighted by Gasteiger charge is -2.41. The van der Waals surface area contributed by atoms with E-state index in [9.17, 15) is 14.7 Å². The maximum atomic E-state index is 12.6. The average Bonchev–Trinajstić information content (AvgIpc) is 3.88. The summed E-state index contributed by atoms with van der Waals surface area (Å²) in [6.45, 7) is 15.5. The van der Waals surface area contributed by atoms with Crippen molar-refractivity contribution in [3.8, 4) is 22.5 Å². The molecule has 0 saturated carbocycles. The van der Waals surface area contributed by atoms with E-state index in [-0.39, 0.29) is 10.8 Å². The second kappa shape index (κ2) is 19.9. The molecule has 0 bridgehead atoms. The Bertz CT molecular complexity index is 2010. The van der Waals surface area contributed by atoms with Gasteiger partial charge in [-0.25, -0.2) is 19.6 Å². The Morgan fingerprint density at radius 2 is 1.12 bits per heavy atom. The van der Waals surface area contributed by atoms with Gasteiger partial charge in [0.25, 0.3) is 0 Å². The maximum absolute atomic E-state index is 12.6. The molecule has 2 aromatic heterocycles. The van der Waals surface area contributed by atoms with Crippen molar-refractivity contribution in [1.29, 1.82) is 0 Å². The van der Waals surface area contributed by atoms with Crippen LogP contribution < -0.4 is 9.80 Å². The van der Waals surface area contributed by atoms with Crippen LogP contribution in [0.4, 0.5) is 10.3 Å². The number of benzene rings is 2. The van der Waals surface area contributed by atoms with E-state index in [0.717, 1.165) is 79.5 Å². The number of carboxylic acids is 1. The first-order chi connectivity index (χ1) is 28.1. The van der Waals surface area contributed by atoms with Gasteiger partial charge in [-0.05, 0) is 95.3 Å². The molecule has 10 nitrogen and oxygen atoms in total. The van der Waals surface area contributed by atoms with Crippen LogP contribution in [0.1, 0.15) is 91.5 Å². The second-order valence-corrected chi connectivity index (χ2v) is 19.0. The van der Waals surface area contributed by atoms with Gasteiger partial charge in [0.15, 0.2) is 10.3 Å². The number of aromatic nitrogens is 2. The molecule has 0 aliphatic carbocycles. The van der Waals surface area contributed by atoms with Crippen molar-refractivity contribution < 1.29 is 19.4 Å². The van der Waals surface area contributed by atoms with Crippen LogP contribution in [0.25, 0.3) is 22.5 Å². The molecule has 58 heavy (non-hydrogen) atoms. The summed E-state index contributed by atoms with van der Waals surface area (Å²) in [5.74, 6) is 0.326. The number of nitrogens with zero attached hydrogens (tertiary/aromatic N) is 6. The van der Waals surface area contributed by atoms with E-state index < -0.39 is 5.97 Å². The van der Waals surface area contributed by atoms with Crippen LogP contribution in [0.2, 0.25) is 10.0 Å². The number of piperidine rings is 4. The summed E-state index contributed by atoms with van der Waals surface area (Å²) in [6, 6.07) is 16.1. The van der Waals surface area contributed by atoms with E-state index in [4.69, 9.17) is 37.9 Å². The van der Waals surface area contributed by atoms with Gasteiger partial charge in [0.05, 0.1) is 28.0 Å². The quantitative estimate of drug-likeness (QED) is 0.164. The van der Waals surface area contributed by atoms with E-state index in [1.807, 2.05) is 49.4 Å². The number of ether oxygens (including phenoxy) is 1. The minimum absolute atomic E-state index is 0.259. The molecule has 8 rings (SSSR count). The summed E-state index contributed by atoms with van der Waals surface area (Å²) in [5, 5.41) is 12.5. The van der Waals surface area contributed by atoms with Crippen molar-refractivity contribution in [2.45, 2.75) is 84.2 Å². The monoisotopic (exact) mass is 866 g/mol. The number of hydrogen-bond donors (Lipinski definition) is 1. The van der Waals surface area contributed by atoms with Gasteiger partial charge in [-0.1, -0.05) is 96.1 Å². The lowest BCUT2D eigenvalue weighted by molar-refractivity contribution is 0.0532. The fourth-order valence-corrected chi connectivity index (χ4v) is 11.4. The van der Waals surface area contributed by atoms with Crippen LogP contribution in [0, 0.1) is 11.8 Å². The number of carboxylic acid groups (broad SMARTS) is 1. The summed E-state index contributed by atoms with van der Waals surface area (Å²) in [4.78, 5) is 44.7. The van der Waals surface area contributed by atoms with Gasteiger partial charge >= 0.3 is 11.9 Å². The third-order valence-electron chi connectivity index (χ3n) is 12.0. The molecule has 2 aromatic carbocycles. The Hall–Kier alpha value is -3.26. The first-order valence-electron chi connectivity index (χ1n) is 21.0. The number of rotatable bonds is 9. The Labute approximate surface area is 361 Å². The van der Waals surface area contributed by atoms with Gasteiger partial charge in [-0.2, -0.15) is 0 Å². The first-order valence-corrected chi connectivity index (χ1v) is 23.4. The van der Waals surface area contributed by atoms with Crippen molar-refractivity contribution in [1.82, 2.24) is 19.8 Å². The number of halogens is 2. The smallest absolute Gasteiger partial charge is 0.350 e. The molecule has 4 aliphatic heterocycles. The fraction of sp³-hybridized carbons (Fsp3) is 0.545. The van der Waals surface area contributed by atoms with E-state index in [2.05, 4.69) is 33.4 Å². The molecule has 0 spiro atoms. The molecule has 312 valence electrons. The molecule has 0 unspecified atom stereocenters. The number of hydrogen-bond acceptors (Lipinski definition) is 11. The molecule has 0 amide bonds. The number of likely N-dealkylation sites (tertiary alicyclic amines) is 2. The molecule has 14 heteroatoms. The topological polar surface area (TPSA) is 102 Å². The van der Waals surface area contributed by atoms with Crippen molar-refractivity contribution in [2.24, 2.45) is 11.8 Å². The Morgan fingerprint density at radius 3 is 1.53 bits per heavy atom. The zero-order chi connectivity index (χ0) is 40.8. The van der Waals surface area contributed by atoms with Gasteiger partial charge in [0, 0.05) is 62.5 Å². The zero-order valence-corrected chi connectivity index (χ0v) is 37.0. The van der Waals surface area contributed by atoms with E-state index >= 15 is 0 Å². The second-order valence-electron chi connectivity index (χ2n) is 16.3. The SMILES string of the molecule is CCOC(=O)c1sc(N2CCC(N3CCC[C@@H](C)C3)CC2)nc1-c1ccccc1Cl.C[C@@H]1CCCN(C2CCN(c3nc(-c4ccccc4Cl)c(C(=O)O)s3)CC2)C1. The maximum Gasteiger partial charge on any atom is 0.350 e. The largest absolute Gasteiger partial charge is 0.477 e. The average molecular weight is 868 g/mol. The Balaban J connectivity index is 0.000000177. The molecular weight excluding hydrogens is 812 g/mol. The molecule has 2 atom stereocenters. The summed E-state index contributed by atoms with van der Waals surface area (Å²) in [5.41, 5.74) is 2.57. The highest BCUT2D eigenvalue weighted by Crippen LogP contribution is 2.40. The summed E-state index contributed by atoms with van der Waals surface area (Å²) in [6.07, 6.45) is 9.82. The molecule has 6 heterocycles. The number of aromatic carboxylic acids is 1. The van der Waals surface area contributed by atoms with Gasteiger partial charge in [-0.3, -0.25) is 9.80 Å². The minimum Gasteiger partial charge on any atom is -0.477 e. The van der Waals surface area contributed by atoms with Crippen LogP contribution >= 0.6 is 45.9 Å². The number of esters is 1. The molecule has 4 aliphatic rings. The van der Waals surface area contributed by atoms with E-state index in [1.165, 1.54) is 74.5 Å². The fourth-order valence-electron chi connectivity index (χ4n) is 9.00. The lowest BCUT2D eigenvalue weighted by atomic mass is 9.95.